The van der Waals surface area contributed by atoms with Gasteiger partial charge in [0.15, 0.2) is 0 Å². The molecule has 0 unspecified atom stereocenters. The van der Waals surface area contributed by atoms with Crippen LogP contribution in [0.15, 0.2) is 52.3 Å². The number of rotatable bonds is 3. The van der Waals surface area contributed by atoms with Gasteiger partial charge in [-0.1, -0.05) is 24.8 Å². The highest BCUT2D eigenvalue weighted by molar-refractivity contribution is 14.1. The van der Waals surface area contributed by atoms with E-state index >= 15 is 0 Å². The van der Waals surface area contributed by atoms with Gasteiger partial charge < -0.3 is 0 Å². The van der Waals surface area contributed by atoms with Crippen molar-refractivity contribution in [2.75, 3.05) is 0 Å². The molecule has 0 atom stereocenters. The van der Waals surface area contributed by atoms with E-state index in [1.54, 1.807) is 6.07 Å². The highest BCUT2D eigenvalue weighted by Gasteiger charge is 2.05. The van der Waals surface area contributed by atoms with Crippen molar-refractivity contribution in [2.24, 2.45) is 0 Å². The van der Waals surface area contributed by atoms with Gasteiger partial charge >= 0.3 is 0 Å². The average molecular weight is 358 g/mol. The third kappa shape index (κ3) is 3.45. The van der Waals surface area contributed by atoms with Gasteiger partial charge in [-0.2, -0.15) is 0 Å². The van der Waals surface area contributed by atoms with Crippen LogP contribution in [0.2, 0.25) is 0 Å². The maximum absolute atomic E-state index is 13.8. The number of hydrogen-bond donors (Lipinski definition) is 0. The minimum atomic E-state index is -0.132. The molecular weight excluding hydrogens is 346 g/mol. The van der Waals surface area contributed by atoms with Gasteiger partial charge in [-0.05, 0) is 71.0 Å². The van der Waals surface area contributed by atoms with Crippen LogP contribution >= 0.6 is 34.4 Å². The lowest BCUT2D eigenvalue weighted by molar-refractivity contribution is 0.600. The summed E-state index contributed by atoms with van der Waals surface area (Å²) < 4.78 is 15.0. The zero-order valence-electron chi connectivity index (χ0n) is 9.41. The van der Waals surface area contributed by atoms with Crippen molar-refractivity contribution >= 4 is 34.4 Å². The number of benzene rings is 2. The Morgan fingerprint density at radius 3 is 2.41 bits per heavy atom. The van der Waals surface area contributed by atoms with Gasteiger partial charge in [-0.3, -0.25) is 0 Å². The fourth-order valence-corrected chi connectivity index (χ4v) is 2.65. The van der Waals surface area contributed by atoms with Gasteiger partial charge in [0.25, 0.3) is 0 Å². The predicted octanol–water partition coefficient (Wildman–Crippen LogP) is 5.14. The van der Waals surface area contributed by atoms with Gasteiger partial charge in [0.05, 0.1) is 0 Å². The van der Waals surface area contributed by atoms with E-state index < -0.39 is 0 Å². The van der Waals surface area contributed by atoms with Crippen LogP contribution in [0, 0.1) is 9.39 Å². The Morgan fingerprint density at radius 1 is 1.12 bits per heavy atom. The first-order valence-corrected chi connectivity index (χ1v) is 7.30. The second-order valence-electron chi connectivity index (χ2n) is 3.67. The van der Waals surface area contributed by atoms with Crippen molar-refractivity contribution in [3.63, 3.8) is 0 Å². The van der Waals surface area contributed by atoms with Gasteiger partial charge in [-0.15, -0.1) is 0 Å². The van der Waals surface area contributed by atoms with Crippen molar-refractivity contribution in [3.05, 3.63) is 57.4 Å². The molecule has 0 amide bonds. The third-order valence-corrected chi connectivity index (χ3v) is 4.22. The molecule has 17 heavy (non-hydrogen) atoms. The zero-order valence-corrected chi connectivity index (χ0v) is 12.4. The first kappa shape index (κ1) is 12.9. The summed E-state index contributed by atoms with van der Waals surface area (Å²) in [7, 11) is 0. The Hall–Kier alpha value is -0.550. The van der Waals surface area contributed by atoms with Crippen LogP contribution in [0.25, 0.3) is 0 Å². The summed E-state index contributed by atoms with van der Waals surface area (Å²) in [5, 5.41) is 0. The minimum Gasteiger partial charge on any atom is -0.206 e. The molecule has 2 aromatic rings. The van der Waals surface area contributed by atoms with Crippen LogP contribution in [0.1, 0.15) is 12.5 Å². The van der Waals surface area contributed by atoms with Crippen molar-refractivity contribution in [3.8, 4) is 0 Å². The average Bonchev–Trinajstić information content (AvgIpc) is 2.34. The summed E-state index contributed by atoms with van der Waals surface area (Å²) >= 11 is 3.72. The second-order valence-corrected chi connectivity index (χ2v) is 6.04. The molecule has 0 fully saturated rings. The van der Waals surface area contributed by atoms with Crippen molar-refractivity contribution in [1.29, 1.82) is 0 Å². The lowest BCUT2D eigenvalue weighted by Gasteiger charge is -2.05. The Bertz CT molecular complexity index is 508. The zero-order chi connectivity index (χ0) is 12.3. The Balaban J connectivity index is 2.21. The predicted molar refractivity (Wildman–Crippen MR) is 79.1 cm³/mol. The van der Waals surface area contributed by atoms with E-state index in [0.29, 0.717) is 4.90 Å². The highest BCUT2D eigenvalue weighted by atomic mass is 127. The highest BCUT2D eigenvalue weighted by Crippen LogP contribution is 2.30. The summed E-state index contributed by atoms with van der Waals surface area (Å²) in [6, 6.07) is 13.5. The second kappa shape index (κ2) is 5.87. The van der Waals surface area contributed by atoms with Crippen LogP contribution in [-0.2, 0) is 6.42 Å². The monoisotopic (exact) mass is 358 g/mol. The standard InChI is InChI=1S/C14H12FIS/c1-2-10-3-8-14(13(15)9-10)17-12-6-4-11(16)5-7-12/h3-9H,2H2,1H3. The topological polar surface area (TPSA) is 0 Å². The SMILES string of the molecule is CCc1ccc(Sc2ccc(I)cc2)c(F)c1. The maximum atomic E-state index is 13.8. The van der Waals surface area contributed by atoms with Gasteiger partial charge in [-0.25, -0.2) is 4.39 Å². The van der Waals surface area contributed by atoms with E-state index in [9.17, 15) is 4.39 Å². The Morgan fingerprint density at radius 2 is 1.82 bits per heavy atom. The number of halogens is 2. The van der Waals surface area contributed by atoms with Crippen molar-refractivity contribution in [1.82, 2.24) is 0 Å². The van der Waals surface area contributed by atoms with E-state index in [0.717, 1.165) is 16.9 Å². The molecule has 0 nitrogen and oxygen atoms in total. The summed E-state index contributed by atoms with van der Waals surface area (Å²) in [5.41, 5.74) is 1.04. The molecule has 0 aromatic heterocycles. The fourth-order valence-electron chi connectivity index (χ4n) is 1.48. The van der Waals surface area contributed by atoms with Gasteiger partial charge in [0.2, 0.25) is 0 Å². The van der Waals surface area contributed by atoms with Crippen LogP contribution in [0.4, 0.5) is 4.39 Å². The molecule has 88 valence electrons. The molecule has 0 N–H and O–H groups in total. The number of hydrogen-bond acceptors (Lipinski definition) is 1. The summed E-state index contributed by atoms with van der Waals surface area (Å²) in [4.78, 5) is 1.75. The largest absolute Gasteiger partial charge is 0.206 e. The van der Waals surface area contributed by atoms with Crippen molar-refractivity contribution in [2.45, 2.75) is 23.1 Å². The smallest absolute Gasteiger partial charge is 0.137 e. The summed E-state index contributed by atoms with van der Waals surface area (Å²) in [5.74, 6) is -0.132. The van der Waals surface area contributed by atoms with E-state index in [-0.39, 0.29) is 5.82 Å². The molecule has 0 aliphatic carbocycles. The number of aryl methyl sites for hydroxylation is 1. The molecular formula is C14H12FIS. The lowest BCUT2D eigenvalue weighted by Crippen LogP contribution is -1.86. The molecule has 0 heterocycles. The third-order valence-electron chi connectivity index (χ3n) is 2.45. The minimum absolute atomic E-state index is 0.132. The van der Waals surface area contributed by atoms with E-state index in [2.05, 4.69) is 22.6 Å². The normalized spacial score (nSPS) is 10.5. The van der Waals surface area contributed by atoms with Crippen LogP contribution in [0.3, 0.4) is 0 Å². The molecule has 0 aliphatic heterocycles. The maximum Gasteiger partial charge on any atom is 0.137 e. The lowest BCUT2D eigenvalue weighted by atomic mass is 10.2. The Kier molecular flexibility index (Phi) is 4.45. The molecule has 0 saturated heterocycles. The molecule has 0 radical (unpaired) electrons. The quantitative estimate of drug-likeness (QED) is 0.685. The first-order valence-electron chi connectivity index (χ1n) is 5.41. The first-order chi connectivity index (χ1) is 8.19. The molecule has 0 aliphatic rings. The fraction of sp³-hybridized carbons (Fsp3) is 0.143. The van der Waals surface area contributed by atoms with Crippen LogP contribution < -0.4 is 0 Å². The van der Waals surface area contributed by atoms with E-state index in [1.807, 2.05) is 43.3 Å². The molecule has 2 rings (SSSR count). The van der Waals surface area contributed by atoms with Crippen molar-refractivity contribution < 1.29 is 4.39 Å². The van der Waals surface area contributed by atoms with Crippen LogP contribution in [0.5, 0.6) is 0 Å². The van der Waals surface area contributed by atoms with Gasteiger partial charge in [0.1, 0.15) is 5.82 Å². The molecule has 0 saturated carbocycles. The summed E-state index contributed by atoms with van der Waals surface area (Å²) in [6.07, 6.45) is 0.866. The van der Waals surface area contributed by atoms with Gasteiger partial charge in [0, 0.05) is 13.4 Å². The molecule has 0 bridgehead atoms. The summed E-state index contributed by atoms with van der Waals surface area (Å²) in [6.45, 7) is 2.03. The molecule has 2 aromatic carbocycles. The Labute approximate surface area is 119 Å². The van der Waals surface area contributed by atoms with E-state index in [4.69, 9.17) is 0 Å². The molecule has 3 heteroatoms. The van der Waals surface area contributed by atoms with E-state index in [1.165, 1.54) is 15.3 Å². The van der Waals surface area contributed by atoms with Crippen LogP contribution in [-0.4, -0.2) is 0 Å². The molecule has 0 spiro atoms.